The van der Waals surface area contributed by atoms with Crippen LogP contribution in [0.4, 0.5) is 0 Å². The molecule has 0 aliphatic carbocycles. The number of nitrogens with one attached hydrogen (secondary N) is 1. The van der Waals surface area contributed by atoms with Crippen LogP contribution in [0, 0.1) is 0 Å². The minimum atomic E-state index is -0.323. The number of benzene rings is 1. The summed E-state index contributed by atoms with van der Waals surface area (Å²) in [7, 11) is 0. The van der Waals surface area contributed by atoms with Crippen LogP contribution in [0.1, 0.15) is 39.5 Å². The number of aromatic nitrogens is 1. The molecule has 26 heavy (non-hydrogen) atoms. The molecule has 0 aliphatic rings. The molecule has 5 nitrogen and oxygen atoms in total. The van der Waals surface area contributed by atoms with Crippen molar-refractivity contribution in [1.82, 2.24) is 10.3 Å². The Balaban J connectivity index is 1.92. The summed E-state index contributed by atoms with van der Waals surface area (Å²) < 4.78 is 5.78. The van der Waals surface area contributed by atoms with Crippen molar-refractivity contribution in [2.24, 2.45) is 5.73 Å². The first kappa shape index (κ1) is 20.8. The first-order valence-corrected chi connectivity index (χ1v) is 10.2. The molecule has 0 aliphatic heterocycles. The fourth-order valence-electron chi connectivity index (χ4n) is 2.53. The molecule has 0 saturated carbocycles. The SMILES string of the molecule is CCC(CC)(CN)NC(=O)C(C)SCc1ncc(-c2ccc(Cl)cc2)o1. The Morgan fingerprint density at radius 1 is 1.35 bits per heavy atom. The predicted octanol–water partition coefficient (Wildman–Crippen LogP) is 4.25. The van der Waals surface area contributed by atoms with E-state index < -0.39 is 0 Å². The van der Waals surface area contributed by atoms with Gasteiger partial charge in [0.15, 0.2) is 5.76 Å². The van der Waals surface area contributed by atoms with Gasteiger partial charge in [0.25, 0.3) is 0 Å². The molecular formula is C19H26ClN3O2S. The maximum absolute atomic E-state index is 12.5. The molecule has 0 bridgehead atoms. The Morgan fingerprint density at radius 3 is 2.58 bits per heavy atom. The van der Waals surface area contributed by atoms with Crippen LogP contribution >= 0.6 is 23.4 Å². The van der Waals surface area contributed by atoms with Crippen LogP contribution in [0.2, 0.25) is 5.02 Å². The number of carbonyl (C=O) groups excluding carboxylic acids is 1. The topological polar surface area (TPSA) is 81.1 Å². The van der Waals surface area contributed by atoms with Gasteiger partial charge in [-0.3, -0.25) is 4.79 Å². The highest BCUT2D eigenvalue weighted by Gasteiger charge is 2.28. The Bertz CT molecular complexity index is 706. The third-order valence-electron chi connectivity index (χ3n) is 4.64. The van der Waals surface area contributed by atoms with E-state index in [9.17, 15) is 4.79 Å². The third kappa shape index (κ3) is 5.25. The molecule has 0 saturated heterocycles. The van der Waals surface area contributed by atoms with Crippen molar-refractivity contribution >= 4 is 29.3 Å². The van der Waals surface area contributed by atoms with E-state index in [0.29, 0.717) is 29.0 Å². The van der Waals surface area contributed by atoms with Crippen molar-refractivity contribution in [2.45, 2.75) is 50.2 Å². The zero-order chi connectivity index (χ0) is 19.2. The standard InChI is InChI=1S/C19H26ClN3O2S/c1-4-19(5-2,12-21)23-18(24)13(3)26-11-17-22-10-16(25-17)14-6-8-15(20)9-7-14/h6-10,13H,4-5,11-12,21H2,1-3H3,(H,23,24). The molecule has 0 fully saturated rings. The fourth-order valence-corrected chi connectivity index (χ4v) is 3.39. The van der Waals surface area contributed by atoms with Crippen molar-refractivity contribution in [3.05, 3.63) is 41.4 Å². The van der Waals surface area contributed by atoms with Crippen molar-refractivity contribution < 1.29 is 9.21 Å². The van der Waals surface area contributed by atoms with Crippen molar-refractivity contribution in [3.8, 4) is 11.3 Å². The van der Waals surface area contributed by atoms with Gasteiger partial charge in [-0.25, -0.2) is 4.98 Å². The van der Waals surface area contributed by atoms with E-state index >= 15 is 0 Å². The van der Waals surface area contributed by atoms with Crippen molar-refractivity contribution in [1.29, 1.82) is 0 Å². The van der Waals surface area contributed by atoms with Crippen molar-refractivity contribution in [2.75, 3.05) is 6.54 Å². The molecule has 1 heterocycles. The van der Waals surface area contributed by atoms with Gasteiger partial charge in [0.1, 0.15) is 0 Å². The number of thioether (sulfide) groups is 1. The summed E-state index contributed by atoms with van der Waals surface area (Å²) >= 11 is 7.39. The Hall–Kier alpha value is -1.50. The van der Waals surface area contributed by atoms with Gasteiger partial charge >= 0.3 is 0 Å². The van der Waals surface area contributed by atoms with Crippen LogP contribution in [0.25, 0.3) is 11.3 Å². The van der Waals surface area contributed by atoms with Crippen LogP contribution in [0.3, 0.4) is 0 Å². The van der Waals surface area contributed by atoms with Gasteiger partial charge in [-0.15, -0.1) is 11.8 Å². The quantitative estimate of drug-likeness (QED) is 0.663. The molecule has 1 aromatic carbocycles. The molecule has 2 aromatic rings. The third-order valence-corrected chi connectivity index (χ3v) is 6.02. The lowest BCUT2D eigenvalue weighted by molar-refractivity contribution is -0.122. The lowest BCUT2D eigenvalue weighted by atomic mass is 9.93. The molecule has 3 N–H and O–H groups in total. The summed E-state index contributed by atoms with van der Waals surface area (Å²) in [5.41, 5.74) is 6.45. The normalized spacial score (nSPS) is 12.8. The Labute approximate surface area is 164 Å². The zero-order valence-electron chi connectivity index (χ0n) is 15.4. The van der Waals surface area contributed by atoms with Gasteiger partial charge in [0.05, 0.1) is 22.7 Å². The second-order valence-corrected chi connectivity index (χ2v) is 8.02. The molecule has 0 radical (unpaired) electrons. The van der Waals surface area contributed by atoms with E-state index in [1.54, 1.807) is 6.20 Å². The molecular weight excluding hydrogens is 370 g/mol. The molecule has 1 aromatic heterocycles. The molecule has 0 spiro atoms. The molecule has 1 atom stereocenters. The monoisotopic (exact) mass is 395 g/mol. The highest BCUT2D eigenvalue weighted by Crippen LogP contribution is 2.25. The highest BCUT2D eigenvalue weighted by atomic mass is 35.5. The maximum Gasteiger partial charge on any atom is 0.233 e. The van der Waals surface area contributed by atoms with Crippen LogP contribution in [-0.4, -0.2) is 28.2 Å². The predicted molar refractivity (Wildman–Crippen MR) is 108 cm³/mol. The molecule has 1 amide bonds. The average Bonchev–Trinajstić information content (AvgIpc) is 3.13. The van der Waals surface area contributed by atoms with Crippen LogP contribution < -0.4 is 11.1 Å². The van der Waals surface area contributed by atoms with E-state index in [1.807, 2.05) is 45.0 Å². The number of rotatable bonds is 9. The summed E-state index contributed by atoms with van der Waals surface area (Å²) in [6.45, 7) is 6.40. The van der Waals surface area contributed by atoms with Gasteiger partial charge in [0.2, 0.25) is 11.8 Å². The second-order valence-electron chi connectivity index (χ2n) is 6.26. The highest BCUT2D eigenvalue weighted by molar-refractivity contribution is 7.99. The van der Waals surface area contributed by atoms with E-state index in [-0.39, 0.29) is 16.7 Å². The van der Waals surface area contributed by atoms with E-state index in [2.05, 4.69) is 10.3 Å². The van der Waals surface area contributed by atoms with E-state index in [1.165, 1.54) is 11.8 Å². The van der Waals surface area contributed by atoms with E-state index in [4.69, 9.17) is 21.8 Å². The summed E-state index contributed by atoms with van der Waals surface area (Å²) in [6.07, 6.45) is 3.32. The van der Waals surface area contributed by atoms with Crippen LogP contribution in [-0.2, 0) is 10.5 Å². The largest absolute Gasteiger partial charge is 0.440 e. The average molecular weight is 396 g/mol. The number of oxazole rings is 1. The zero-order valence-corrected chi connectivity index (χ0v) is 17.0. The Kier molecular flexibility index (Phi) is 7.55. The lowest BCUT2D eigenvalue weighted by Gasteiger charge is -2.32. The summed E-state index contributed by atoms with van der Waals surface area (Å²) in [5, 5.41) is 3.56. The molecule has 142 valence electrons. The van der Waals surface area contributed by atoms with Gasteiger partial charge in [-0.2, -0.15) is 0 Å². The molecule has 2 rings (SSSR count). The van der Waals surface area contributed by atoms with E-state index in [0.717, 1.165) is 18.4 Å². The molecule has 7 heteroatoms. The number of carbonyl (C=O) groups is 1. The summed E-state index contributed by atoms with van der Waals surface area (Å²) in [4.78, 5) is 16.8. The Morgan fingerprint density at radius 2 is 2.00 bits per heavy atom. The van der Waals surface area contributed by atoms with Gasteiger partial charge in [-0.1, -0.05) is 25.4 Å². The summed E-state index contributed by atoms with van der Waals surface area (Å²) in [6, 6.07) is 7.40. The first-order valence-electron chi connectivity index (χ1n) is 8.77. The van der Waals surface area contributed by atoms with Crippen LogP contribution in [0.5, 0.6) is 0 Å². The number of amides is 1. The number of hydrogen-bond donors (Lipinski definition) is 2. The smallest absolute Gasteiger partial charge is 0.233 e. The number of hydrogen-bond acceptors (Lipinski definition) is 5. The lowest BCUT2D eigenvalue weighted by Crippen LogP contribution is -2.54. The fraction of sp³-hybridized carbons (Fsp3) is 0.474. The molecule has 1 unspecified atom stereocenters. The van der Waals surface area contributed by atoms with Gasteiger partial charge in [0, 0.05) is 17.1 Å². The maximum atomic E-state index is 12.5. The number of nitrogens with two attached hydrogens (primary N) is 1. The van der Waals surface area contributed by atoms with Gasteiger partial charge < -0.3 is 15.5 Å². The van der Waals surface area contributed by atoms with Crippen LogP contribution in [0.15, 0.2) is 34.9 Å². The number of halogens is 1. The number of nitrogens with zero attached hydrogens (tertiary/aromatic N) is 1. The van der Waals surface area contributed by atoms with Crippen molar-refractivity contribution in [3.63, 3.8) is 0 Å². The summed E-state index contributed by atoms with van der Waals surface area (Å²) in [5.74, 6) is 1.80. The second kappa shape index (κ2) is 9.44. The van der Waals surface area contributed by atoms with Gasteiger partial charge in [-0.05, 0) is 44.0 Å². The minimum Gasteiger partial charge on any atom is -0.440 e. The first-order chi connectivity index (χ1) is 12.4. The minimum absolute atomic E-state index is 0.00590.